The monoisotopic (exact) mass is 393 g/mol. The molecule has 7 heteroatoms. The van der Waals surface area contributed by atoms with Crippen LogP contribution in [0.25, 0.3) is 0 Å². The summed E-state index contributed by atoms with van der Waals surface area (Å²) in [5.41, 5.74) is 2.49. The number of nitrogens with one attached hydrogen (secondary N) is 2. The minimum Gasteiger partial charge on any atom is -0.370 e. The van der Waals surface area contributed by atoms with Crippen LogP contribution in [0.4, 0.5) is 5.69 Å². The van der Waals surface area contributed by atoms with Gasteiger partial charge in [-0.2, -0.15) is 11.8 Å². The molecule has 1 aliphatic rings. The molecule has 1 unspecified atom stereocenters. The second-order valence-corrected chi connectivity index (χ2v) is 6.85. The number of nitrogens with zero attached hydrogens (tertiary/aromatic N) is 1. The van der Waals surface area contributed by atoms with Crippen molar-refractivity contribution in [2.75, 3.05) is 42.6 Å². The first-order valence-electron chi connectivity index (χ1n) is 8.08. The summed E-state index contributed by atoms with van der Waals surface area (Å²) in [5, 5.41) is 6.45. The molecule has 0 saturated carbocycles. The van der Waals surface area contributed by atoms with Gasteiger partial charge in [0.2, 0.25) is 5.91 Å². The number of hydrogen-bond donors (Lipinski definition) is 2. The molecule has 0 bridgehead atoms. The van der Waals surface area contributed by atoms with Crippen LogP contribution in [0.1, 0.15) is 18.9 Å². The van der Waals surface area contributed by atoms with Crippen molar-refractivity contribution < 1.29 is 4.79 Å². The van der Waals surface area contributed by atoms with Gasteiger partial charge in [0.25, 0.3) is 0 Å². The Balaban J connectivity index is 0.00000264. The Morgan fingerprint density at radius 3 is 2.83 bits per heavy atom. The average Bonchev–Trinajstić information content (AvgIpc) is 2.52. The zero-order valence-electron chi connectivity index (χ0n) is 14.4. The molecular weight excluding hydrogens is 365 g/mol. The van der Waals surface area contributed by atoms with E-state index in [1.807, 2.05) is 11.8 Å². The maximum absolute atomic E-state index is 12.0. The largest absolute Gasteiger partial charge is 0.370 e. The predicted molar refractivity (Wildman–Crippen MR) is 110 cm³/mol. The van der Waals surface area contributed by atoms with Crippen LogP contribution in [0.5, 0.6) is 0 Å². The molecule has 0 aromatic heterocycles. The first-order chi connectivity index (χ1) is 10.7. The normalized spacial score (nSPS) is 16.5. The molecule has 138 valence electrons. The van der Waals surface area contributed by atoms with Gasteiger partial charge in [-0.05, 0) is 31.5 Å². The van der Waals surface area contributed by atoms with Gasteiger partial charge < -0.3 is 15.5 Å². The number of aryl methyl sites for hydroxylation is 1. The number of rotatable bonds is 7. The van der Waals surface area contributed by atoms with Gasteiger partial charge >= 0.3 is 0 Å². The van der Waals surface area contributed by atoms with Gasteiger partial charge in [0.1, 0.15) is 0 Å². The van der Waals surface area contributed by atoms with Crippen molar-refractivity contribution in [1.29, 1.82) is 0 Å². The fraction of sp³-hybridized carbons (Fsp3) is 0.588. The van der Waals surface area contributed by atoms with Crippen molar-refractivity contribution in [2.45, 2.75) is 26.3 Å². The Hall–Kier alpha value is -0.620. The highest BCUT2D eigenvalue weighted by Gasteiger charge is 2.16. The Bertz CT molecular complexity index is 485. The lowest BCUT2D eigenvalue weighted by Gasteiger charge is -2.25. The summed E-state index contributed by atoms with van der Waals surface area (Å²) >= 11 is 1.93. The highest BCUT2D eigenvalue weighted by molar-refractivity contribution is 7.99. The number of amides is 1. The molecule has 1 amide bonds. The molecule has 2 N–H and O–H groups in total. The molecule has 0 radical (unpaired) electrons. The Labute approximate surface area is 162 Å². The lowest BCUT2D eigenvalue weighted by atomic mass is 10.2. The molecule has 24 heavy (non-hydrogen) atoms. The number of thioether (sulfide) groups is 1. The molecule has 1 aliphatic heterocycles. The van der Waals surface area contributed by atoms with Crippen LogP contribution in [-0.2, 0) is 4.79 Å². The lowest BCUT2D eigenvalue weighted by molar-refractivity contribution is -0.121. The zero-order chi connectivity index (χ0) is 15.8. The average molecular weight is 394 g/mol. The zero-order valence-corrected chi connectivity index (χ0v) is 16.9. The lowest BCUT2D eigenvalue weighted by Crippen LogP contribution is -2.42. The molecule has 1 aromatic carbocycles. The standard InChI is InChI=1S/C17H27N3OS.2ClH/c1-3-20(16-6-4-5-14(2)11-16)9-7-19-17(21)12-15-13-22-10-8-18-15;;/h4-6,11,15,18H,3,7-10,12-13H2,1-2H3,(H,19,21);2*1H. The van der Waals surface area contributed by atoms with Crippen LogP contribution in [0, 0.1) is 6.92 Å². The van der Waals surface area contributed by atoms with E-state index >= 15 is 0 Å². The van der Waals surface area contributed by atoms with Gasteiger partial charge in [-0.3, -0.25) is 4.79 Å². The predicted octanol–water partition coefficient (Wildman–Crippen LogP) is 2.88. The van der Waals surface area contributed by atoms with Crippen molar-refractivity contribution in [3.63, 3.8) is 0 Å². The molecule has 2 rings (SSSR count). The summed E-state index contributed by atoms with van der Waals surface area (Å²) in [4.78, 5) is 14.3. The molecule has 1 saturated heterocycles. The summed E-state index contributed by atoms with van der Waals surface area (Å²) in [6.45, 7) is 7.75. The molecule has 0 spiro atoms. The molecule has 4 nitrogen and oxygen atoms in total. The highest BCUT2D eigenvalue weighted by Crippen LogP contribution is 2.15. The van der Waals surface area contributed by atoms with Gasteiger partial charge in [-0.15, -0.1) is 24.8 Å². The molecule has 0 aliphatic carbocycles. The fourth-order valence-electron chi connectivity index (χ4n) is 2.67. The first-order valence-corrected chi connectivity index (χ1v) is 9.24. The SMILES string of the molecule is CCN(CCNC(=O)CC1CSCCN1)c1cccc(C)c1.Cl.Cl. The van der Waals surface area contributed by atoms with Crippen LogP contribution in [0.2, 0.25) is 0 Å². The molecule has 1 heterocycles. The van der Waals surface area contributed by atoms with Gasteiger partial charge in [0, 0.05) is 55.8 Å². The maximum Gasteiger partial charge on any atom is 0.221 e. The van der Waals surface area contributed by atoms with E-state index in [1.54, 1.807) is 0 Å². The van der Waals surface area contributed by atoms with Crippen LogP contribution in [0.3, 0.4) is 0 Å². The number of benzene rings is 1. The molecule has 1 atom stereocenters. The van der Waals surface area contributed by atoms with E-state index in [0.29, 0.717) is 19.0 Å². The quantitative estimate of drug-likeness (QED) is 0.747. The van der Waals surface area contributed by atoms with Crippen molar-refractivity contribution >= 4 is 48.2 Å². The summed E-state index contributed by atoms with van der Waals surface area (Å²) in [6.07, 6.45) is 0.587. The van der Waals surface area contributed by atoms with E-state index in [-0.39, 0.29) is 30.7 Å². The fourth-order valence-corrected chi connectivity index (χ4v) is 3.62. The van der Waals surface area contributed by atoms with Crippen LogP contribution in [0.15, 0.2) is 24.3 Å². The van der Waals surface area contributed by atoms with Crippen molar-refractivity contribution in [2.24, 2.45) is 0 Å². The van der Waals surface area contributed by atoms with Crippen LogP contribution in [-0.4, -0.2) is 49.6 Å². The second-order valence-electron chi connectivity index (χ2n) is 5.70. The third-order valence-corrected chi connectivity index (χ3v) is 5.01. The number of carbonyl (C=O) groups is 1. The highest BCUT2D eigenvalue weighted by atomic mass is 35.5. The van der Waals surface area contributed by atoms with Crippen molar-refractivity contribution in [1.82, 2.24) is 10.6 Å². The third kappa shape index (κ3) is 7.97. The van der Waals surface area contributed by atoms with E-state index in [0.717, 1.165) is 31.1 Å². The topological polar surface area (TPSA) is 44.4 Å². The van der Waals surface area contributed by atoms with Gasteiger partial charge in [-0.25, -0.2) is 0 Å². The Morgan fingerprint density at radius 1 is 1.42 bits per heavy atom. The summed E-state index contributed by atoms with van der Waals surface area (Å²) in [5.74, 6) is 2.35. The van der Waals surface area contributed by atoms with Crippen LogP contribution >= 0.6 is 36.6 Å². The minimum absolute atomic E-state index is 0. The second kappa shape index (κ2) is 12.7. The molecular formula is C17H29Cl2N3OS. The number of carbonyl (C=O) groups excluding carboxylic acids is 1. The number of likely N-dealkylation sites (N-methyl/N-ethyl adjacent to an activating group) is 1. The Kier molecular flexibility index (Phi) is 12.4. The van der Waals surface area contributed by atoms with Crippen LogP contribution < -0.4 is 15.5 Å². The summed E-state index contributed by atoms with van der Waals surface area (Å²) < 4.78 is 0. The van der Waals surface area contributed by atoms with E-state index in [2.05, 4.69) is 53.6 Å². The maximum atomic E-state index is 12.0. The van der Waals surface area contributed by atoms with Crippen molar-refractivity contribution in [3.8, 4) is 0 Å². The van der Waals surface area contributed by atoms with E-state index in [4.69, 9.17) is 0 Å². The van der Waals surface area contributed by atoms with Gasteiger partial charge in [0.05, 0.1) is 0 Å². The third-order valence-electron chi connectivity index (χ3n) is 3.88. The van der Waals surface area contributed by atoms with Crippen molar-refractivity contribution in [3.05, 3.63) is 29.8 Å². The number of anilines is 1. The molecule has 1 aromatic rings. The van der Waals surface area contributed by atoms with Gasteiger partial charge in [0.15, 0.2) is 0 Å². The van der Waals surface area contributed by atoms with Gasteiger partial charge in [-0.1, -0.05) is 12.1 Å². The summed E-state index contributed by atoms with van der Waals surface area (Å²) in [6, 6.07) is 8.83. The molecule has 1 fully saturated rings. The first kappa shape index (κ1) is 23.4. The minimum atomic E-state index is 0. The van der Waals surface area contributed by atoms with E-state index in [9.17, 15) is 4.79 Å². The smallest absolute Gasteiger partial charge is 0.221 e. The number of hydrogen-bond acceptors (Lipinski definition) is 4. The number of halogens is 2. The summed E-state index contributed by atoms with van der Waals surface area (Å²) in [7, 11) is 0. The Morgan fingerprint density at radius 2 is 2.21 bits per heavy atom. The van der Waals surface area contributed by atoms with E-state index < -0.39 is 0 Å². The van der Waals surface area contributed by atoms with E-state index in [1.165, 1.54) is 11.3 Å².